The summed E-state index contributed by atoms with van der Waals surface area (Å²) in [5.41, 5.74) is 10.8. The van der Waals surface area contributed by atoms with Gasteiger partial charge in [-0.25, -0.2) is 4.98 Å². The molecule has 0 amide bonds. The molecule has 0 radical (unpaired) electrons. The molecule has 0 bridgehead atoms. The molecule has 120 valence electrons. The fourth-order valence-electron chi connectivity index (χ4n) is 2.77. The minimum Gasteiger partial charge on any atom is -0.395 e. The molecule has 5 nitrogen and oxygen atoms in total. The van der Waals surface area contributed by atoms with Gasteiger partial charge in [-0.3, -0.25) is 0 Å². The molecule has 0 saturated carbocycles. The van der Waals surface area contributed by atoms with Gasteiger partial charge in [0.05, 0.1) is 25.5 Å². The number of aromatic nitrogens is 1. The van der Waals surface area contributed by atoms with Crippen molar-refractivity contribution in [2.75, 3.05) is 18.9 Å². The average Bonchev–Trinajstić information content (AvgIpc) is 2.61. The Bertz CT molecular complexity index is 855. The van der Waals surface area contributed by atoms with Gasteiger partial charge < -0.3 is 15.6 Å². The normalized spacial score (nSPS) is 12.7. The van der Waals surface area contributed by atoms with Crippen molar-refractivity contribution in [3.05, 3.63) is 46.6 Å². The number of benzene rings is 1. The lowest BCUT2D eigenvalue weighted by Gasteiger charge is -2.21. The molecule has 2 heterocycles. The molecule has 0 fully saturated rings. The Hall–Kier alpha value is -2.86. The van der Waals surface area contributed by atoms with Gasteiger partial charge in [-0.05, 0) is 17.7 Å². The van der Waals surface area contributed by atoms with Crippen LogP contribution in [0.4, 0.5) is 5.82 Å². The van der Waals surface area contributed by atoms with Crippen LogP contribution < -0.4 is 5.73 Å². The monoisotopic (exact) mass is 319 g/mol. The maximum Gasteiger partial charge on any atom is 0.142 e. The van der Waals surface area contributed by atoms with E-state index in [4.69, 9.17) is 15.6 Å². The molecule has 5 heteroatoms. The Morgan fingerprint density at radius 1 is 1.29 bits per heavy atom. The molecule has 3 N–H and O–H groups in total. The minimum absolute atomic E-state index is 0.0546. The first-order valence-corrected chi connectivity index (χ1v) is 7.74. The van der Waals surface area contributed by atoms with Crippen LogP contribution in [0.15, 0.2) is 24.3 Å². The van der Waals surface area contributed by atoms with Gasteiger partial charge in [0.25, 0.3) is 0 Å². The number of fused-ring (bicyclic) bond motifs is 1. The van der Waals surface area contributed by atoms with Gasteiger partial charge in [-0.1, -0.05) is 24.0 Å². The molecule has 1 aromatic carbocycles. The van der Waals surface area contributed by atoms with Gasteiger partial charge in [-0.15, -0.1) is 0 Å². The van der Waals surface area contributed by atoms with Crippen LogP contribution in [0.1, 0.15) is 28.8 Å². The average molecular weight is 319 g/mol. The third-order valence-electron chi connectivity index (χ3n) is 3.90. The Kier molecular flexibility index (Phi) is 4.77. The van der Waals surface area contributed by atoms with Crippen molar-refractivity contribution < 1.29 is 9.84 Å². The van der Waals surface area contributed by atoms with Crippen molar-refractivity contribution in [2.24, 2.45) is 0 Å². The third-order valence-corrected chi connectivity index (χ3v) is 3.90. The Balaban J connectivity index is 2.07. The number of nitrogens with zero attached hydrogens (tertiary/aromatic N) is 2. The number of pyridine rings is 1. The Labute approximate surface area is 140 Å². The first-order valence-electron chi connectivity index (χ1n) is 7.74. The molecular formula is C19H17N3O2. The van der Waals surface area contributed by atoms with Crippen molar-refractivity contribution in [1.29, 1.82) is 5.26 Å². The Morgan fingerprint density at radius 2 is 2.08 bits per heavy atom. The van der Waals surface area contributed by atoms with E-state index < -0.39 is 0 Å². The number of hydrogen-bond donors (Lipinski definition) is 2. The standard InChI is InChI=1S/C19H17N3O2/c20-11-15-18(16-12-24-10-8-17(16)22-19(15)21)14-6-4-13(5-7-14)3-1-2-9-23/h4-7,23H,2,8-10,12H2,(H2,21,22). The van der Waals surface area contributed by atoms with Gasteiger partial charge in [-0.2, -0.15) is 5.26 Å². The predicted octanol–water partition coefficient (Wildman–Crippen LogP) is 2.01. The van der Waals surface area contributed by atoms with E-state index in [9.17, 15) is 5.26 Å². The van der Waals surface area contributed by atoms with Crippen LogP contribution in [0.2, 0.25) is 0 Å². The van der Waals surface area contributed by atoms with Crippen LogP contribution in [0.3, 0.4) is 0 Å². The molecule has 0 atom stereocenters. The van der Waals surface area contributed by atoms with Crippen LogP contribution in [-0.4, -0.2) is 23.3 Å². The fraction of sp³-hybridized carbons (Fsp3) is 0.263. The van der Waals surface area contributed by atoms with Crippen LogP contribution in [0, 0.1) is 23.2 Å². The SMILES string of the molecule is N#Cc1c(N)nc2c(c1-c1ccc(C#CCCO)cc1)COCC2. The van der Waals surface area contributed by atoms with E-state index in [0.717, 1.165) is 27.9 Å². The summed E-state index contributed by atoms with van der Waals surface area (Å²) in [5, 5.41) is 18.3. The van der Waals surface area contributed by atoms with Crippen molar-refractivity contribution in [3.63, 3.8) is 0 Å². The lowest BCUT2D eigenvalue weighted by Crippen LogP contribution is -2.16. The van der Waals surface area contributed by atoms with E-state index in [-0.39, 0.29) is 12.4 Å². The van der Waals surface area contributed by atoms with Crippen LogP contribution >= 0.6 is 0 Å². The van der Waals surface area contributed by atoms with E-state index in [2.05, 4.69) is 22.9 Å². The van der Waals surface area contributed by atoms with E-state index in [0.29, 0.717) is 31.6 Å². The van der Waals surface area contributed by atoms with Crippen molar-refractivity contribution in [1.82, 2.24) is 4.98 Å². The lowest BCUT2D eigenvalue weighted by atomic mass is 9.92. The highest BCUT2D eigenvalue weighted by Crippen LogP contribution is 2.34. The van der Waals surface area contributed by atoms with Crippen LogP contribution in [0.25, 0.3) is 11.1 Å². The maximum atomic E-state index is 9.50. The van der Waals surface area contributed by atoms with Gasteiger partial charge in [0, 0.05) is 29.5 Å². The quantitative estimate of drug-likeness (QED) is 0.826. The highest BCUT2D eigenvalue weighted by Gasteiger charge is 2.22. The molecular weight excluding hydrogens is 302 g/mol. The summed E-state index contributed by atoms with van der Waals surface area (Å²) in [6.45, 7) is 1.11. The highest BCUT2D eigenvalue weighted by atomic mass is 16.5. The maximum absolute atomic E-state index is 9.50. The summed E-state index contributed by atoms with van der Waals surface area (Å²) in [7, 11) is 0. The molecule has 24 heavy (non-hydrogen) atoms. The summed E-state index contributed by atoms with van der Waals surface area (Å²) in [6, 6.07) is 9.81. The van der Waals surface area contributed by atoms with Crippen molar-refractivity contribution >= 4 is 5.82 Å². The summed E-state index contributed by atoms with van der Waals surface area (Å²) in [6.07, 6.45) is 1.15. The summed E-state index contributed by atoms with van der Waals surface area (Å²) in [4.78, 5) is 4.37. The number of anilines is 1. The minimum atomic E-state index is 0.0546. The molecule has 0 saturated heterocycles. The van der Waals surface area contributed by atoms with Gasteiger partial charge >= 0.3 is 0 Å². The molecule has 1 aromatic heterocycles. The van der Waals surface area contributed by atoms with Crippen LogP contribution in [0.5, 0.6) is 0 Å². The Morgan fingerprint density at radius 3 is 2.79 bits per heavy atom. The molecule has 0 spiro atoms. The molecule has 3 rings (SSSR count). The highest BCUT2D eigenvalue weighted by molar-refractivity contribution is 5.79. The molecule has 2 aromatic rings. The smallest absolute Gasteiger partial charge is 0.142 e. The number of aliphatic hydroxyl groups is 1. The predicted molar refractivity (Wildman–Crippen MR) is 90.7 cm³/mol. The van der Waals surface area contributed by atoms with E-state index in [1.807, 2.05) is 24.3 Å². The second kappa shape index (κ2) is 7.14. The molecule has 0 aliphatic carbocycles. The van der Waals surface area contributed by atoms with Crippen molar-refractivity contribution in [3.8, 4) is 29.0 Å². The molecule has 1 aliphatic heterocycles. The second-order valence-corrected chi connectivity index (χ2v) is 5.44. The number of nitriles is 1. The first-order chi connectivity index (χ1) is 11.7. The van der Waals surface area contributed by atoms with E-state index in [1.165, 1.54) is 0 Å². The number of rotatable bonds is 2. The van der Waals surface area contributed by atoms with Crippen LogP contribution in [-0.2, 0) is 17.8 Å². The zero-order valence-corrected chi connectivity index (χ0v) is 13.2. The van der Waals surface area contributed by atoms with Gasteiger partial charge in [0.1, 0.15) is 17.5 Å². The number of hydrogen-bond acceptors (Lipinski definition) is 5. The third kappa shape index (κ3) is 3.09. The van der Waals surface area contributed by atoms with Gasteiger partial charge in [0.15, 0.2) is 0 Å². The zero-order valence-electron chi connectivity index (χ0n) is 13.2. The van der Waals surface area contributed by atoms with Crippen molar-refractivity contribution in [2.45, 2.75) is 19.4 Å². The number of nitrogens with two attached hydrogens (primary N) is 1. The number of nitrogen functional groups attached to an aromatic ring is 1. The first kappa shape index (κ1) is 16.0. The summed E-state index contributed by atoms with van der Waals surface area (Å²) >= 11 is 0. The number of ether oxygens (including phenoxy) is 1. The molecule has 1 aliphatic rings. The van der Waals surface area contributed by atoms with E-state index in [1.54, 1.807) is 0 Å². The van der Waals surface area contributed by atoms with Gasteiger partial charge in [0.2, 0.25) is 0 Å². The number of aliphatic hydroxyl groups excluding tert-OH is 1. The van der Waals surface area contributed by atoms with E-state index >= 15 is 0 Å². The topological polar surface area (TPSA) is 92.2 Å². The second-order valence-electron chi connectivity index (χ2n) is 5.44. The lowest BCUT2D eigenvalue weighted by molar-refractivity contribution is 0.109. The fourth-order valence-corrected chi connectivity index (χ4v) is 2.77. The molecule has 0 unspecified atom stereocenters. The zero-order chi connectivity index (χ0) is 16.9. The summed E-state index contributed by atoms with van der Waals surface area (Å²) in [5.74, 6) is 6.14. The largest absolute Gasteiger partial charge is 0.395 e. The summed E-state index contributed by atoms with van der Waals surface area (Å²) < 4.78 is 5.55.